The summed E-state index contributed by atoms with van der Waals surface area (Å²) in [6, 6.07) is 6.24. The SMILES string of the molecule is Fc1ccc2c(c1)C(NC1CCC1)CCS2. The summed E-state index contributed by atoms with van der Waals surface area (Å²) in [5.74, 6) is 1.03. The van der Waals surface area contributed by atoms with Crippen molar-refractivity contribution in [2.75, 3.05) is 5.75 Å². The molecular formula is C13H16FNS. The Morgan fingerprint density at radius 2 is 2.12 bits per heavy atom. The molecule has 86 valence electrons. The van der Waals surface area contributed by atoms with E-state index in [0.717, 1.165) is 12.2 Å². The number of nitrogens with one attached hydrogen (secondary N) is 1. The minimum Gasteiger partial charge on any atom is -0.307 e. The van der Waals surface area contributed by atoms with E-state index in [0.29, 0.717) is 12.1 Å². The van der Waals surface area contributed by atoms with Gasteiger partial charge in [-0.25, -0.2) is 4.39 Å². The fraction of sp³-hybridized carbons (Fsp3) is 0.538. The summed E-state index contributed by atoms with van der Waals surface area (Å²) >= 11 is 1.85. The standard InChI is InChI=1S/C13H16FNS/c14-9-4-5-13-11(8-9)12(6-7-16-13)15-10-2-1-3-10/h4-5,8,10,12,15H,1-3,6-7H2. The molecule has 1 atom stereocenters. The van der Waals surface area contributed by atoms with E-state index in [1.54, 1.807) is 12.1 Å². The van der Waals surface area contributed by atoms with Gasteiger partial charge in [-0.1, -0.05) is 6.42 Å². The highest BCUT2D eigenvalue weighted by Gasteiger charge is 2.26. The Morgan fingerprint density at radius 1 is 1.25 bits per heavy atom. The van der Waals surface area contributed by atoms with Gasteiger partial charge in [0, 0.05) is 17.0 Å². The first-order valence-corrected chi connectivity index (χ1v) is 7.00. The van der Waals surface area contributed by atoms with Crippen molar-refractivity contribution in [3.05, 3.63) is 29.6 Å². The Bertz CT molecular complexity index is 390. The highest BCUT2D eigenvalue weighted by atomic mass is 32.2. The maximum absolute atomic E-state index is 13.3. The van der Waals surface area contributed by atoms with Gasteiger partial charge in [-0.2, -0.15) is 0 Å². The predicted molar refractivity (Wildman–Crippen MR) is 65.3 cm³/mol. The molecule has 1 aliphatic carbocycles. The normalized spacial score (nSPS) is 24.9. The molecule has 1 aliphatic heterocycles. The van der Waals surface area contributed by atoms with E-state index >= 15 is 0 Å². The van der Waals surface area contributed by atoms with E-state index in [4.69, 9.17) is 0 Å². The van der Waals surface area contributed by atoms with Crippen LogP contribution >= 0.6 is 11.8 Å². The number of halogens is 1. The molecule has 1 aromatic rings. The molecule has 0 amide bonds. The van der Waals surface area contributed by atoms with Gasteiger partial charge in [0.25, 0.3) is 0 Å². The zero-order valence-corrected chi connectivity index (χ0v) is 10.0. The van der Waals surface area contributed by atoms with Crippen LogP contribution in [0.25, 0.3) is 0 Å². The van der Waals surface area contributed by atoms with Gasteiger partial charge in [-0.05, 0) is 48.8 Å². The molecule has 3 heteroatoms. The van der Waals surface area contributed by atoms with Crippen molar-refractivity contribution in [2.24, 2.45) is 0 Å². The lowest BCUT2D eigenvalue weighted by Gasteiger charge is -2.34. The number of hydrogen-bond donors (Lipinski definition) is 1. The summed E-state index contributed by atoms with van der Waals surface area (Å²) < 4.78 is 13.3. The van der Waals surface area contributed by atoms with E-state index in [1.807, 2.05) is 17.8 Å². The van der Waals surface area contributed by atoms with Gasteiger partial charge in [0.05, 0.1) is 0 Å². The average Bonchev–Trinajstić information content (AvgIpc) is 2.23. The predicted octanol–water partition coefficient (Wildman–Crippen LogP) is 3.50. The van der Waals surface area contributed by atoms with Crippen molar-refractivity contribution in [2.45, 2.75) is 42.7 Å². The fourth-order valence-electron chi connectivity index (χ4n) is 2.40. The Balaban J connectivity index is 1.83. The van der Waals surface area contributed by atoms with Gasteiger partial charge < -0.3 is 5.32 Å². The maximum atomic E-state index is 13.3. The monoisotopic (exact) mass is 237 g/mol. The summed E-state index contributed by atoms with van der Waals surface area (Å²) in [7, 11) is 0. The smallest absolute Gasteiger partial charge is 0.123 e. The molecule has 1 fully saturated rings. The van der Waals surface area contributed by atoms with Gasteiger partial charge in [-0.3, -0.25) is 0 Å². The van der Waals surface area contributed by atoms with E-state index in [-0.39, 0.29) is 5.82 Å². The van der Waals surface area contributed by atoms with Crippen LogP contribution in [0.4, 0.5) is 4.39 Å². The van der Waals surface area contributed by atoms with Crippen LogP contribution in [0.3, 0.4) is 0 Å². The van der Waals surface area contributed by atoms with Crippen molar-refractivity contribution in [1.29, 1.82) is 0 Å². The van der Waals surface area contributed by atoms with Crippen LogP contribution < -0.4 is 5.32 Å². The van der Waals surface area contributed by atoms with Gasteiger partial charge in [0.15, 0.2) is 0 Å². The fourth-order valence-corrected chi connectivity index (χ4v) is 3.50. The van der Waals surface area contributed by atoms with Crippen LogP contribution in [0, 0.1) is 5.82 Å². The molecule has 0 spiro atoms. The third-order valence-corrected chi connectivity index (χ3v) is 4.68. The summed E-state index contributed by atoms with van der Waals surface area (Å²) in [6.07, 6.45) is 5.04. The molecule has 1 aromatic carbocycles. The maximum Gasteiger partial charge on any atom is 0.123 e. The molecule has 0 saturated heterocycles. The van der Waals surface area contributed by atoms with E-state index in [1.165, 1.54) is 29.7 Å². The van der Waals surface area contributed by atoms with Crippen LogP contribution in [-0.4, -0.2) is 11.8 Å². The minimum atomic E-state index is -0.110. The van der Waals surface area contributed by atoms with Crippen molar-refractivity contribution in [3.63, 3.8) is 0 Å². The lowest BCUT2D eigenvalue weighted by atomic mass is 9.91. The summed E-state index contributed by atoms with van der Waals surface area (Å²) in [4.78, 5) is 1.25. The van der Waals surface area contributed by atoms with Crippen LogP contribution in [-0.2, 0) is 0 Å². The summed E-state index contributed by atoms with van der Waals surface area (Å²) in [5, 5.41) is 3.66. The van der Waals surface area contributed by atoms with Crippen LogP contribution in [0.1, 0.15) is 37.3 Å². The Labute approximate surface area is 99.8 Å². The lowest BCUT2D eigenvalue weighted by Crippen LogP contribution is -2.39. The first-order valence-electron chi connectivity index (χ1n) is 6.01. The first kappa shape index (κ1) is 10.6. The summed E-state index contributed by atoms with van der Waals surface area (Å²) in [5.41, 5.74) is 1.17. The molecule has 0 aromatic heterocycles. The largest absolute Gasteiger partial charge is 0.307 e. The highest BCUT2D eigenvalue weighted by Crippen LogP contribution is 2.37. The third-order valence-electron chi connectivity index (χ3n) is 3.55. The summed E-state index contributed by atoms with van der Waals surface area (Å²) in [6.45, 7) is 0. The highest BCUT2D eigenvalue weighted by molar-refractivity contribution is 7.99. The van der Waals surface area contributed by atoms with E-state index < -0.39 is 0 Å². The number of fused-ring (bicyclic) bond motifs is 1. The quantitative estimate of drug-likeness (QED) is 0.845. The Kier molecular flexibility index (Phi) is 2.90. The Morgan fingerprint density at radius 3 is 2.88 bits per heavy atom. The lowest BCUT2D eigenvalue weighted by molar-refractivity contribution is 0.299. The van der Waals surface area contributed by atoms with Crippen molar-refractivity contribution in [3.8, 4) is 0 Å². The van der Waals surface area contributed by atoms with Crippen molar-refractivity contribution < 1.29 is 4.39 Å². The van der Waals surface area contributed by atoms with Gasteiger partial charge in [0.1, 0.15) is 5.82 Å². The minimum absolute atomic E-state index is 0.110. The van der Waals surface area contributed by atoms with Gasteiger partial charge in [0.2, 0.25) is 0 Å². The van der Waals surface area contributed by atoms with E-state index in [9.17, 15) is 4.39 Å². The topological polar surface area (TPSA) is 12.0 Å². The number of rotatable bonds is 2. The zero-order chi connectivity index (χ0) is 11.0. The van der Waals surface area contributed by atoms with Crippen LogP contribution in [0.15, 0.2) is 23.1 Å². The second-order valence-corrected chi connectivity index (χ2v) is 5.80. The average molecular weight is 237 g/mol. The number of benzene rings is 1. The van der Waals surface area contributed by atoms with E-state index in [2.05, 4.69) is 5.32 Å². The second-order valence-electron chi connectivity index (χ2n) is 4.67. The molecule has 1 unspecified atom stereocenters. The zero-order valence-electron chi connectivity index (χ0n) is 9.21. The third kappa shape index (κ3) is 1.98. The van der Waals surface area contributed by atoms with Gasteiger partial charge >= 0.3 is 0 Å². The number of hydrogen-bond acceptors (Lipinski definition) is 2. The van der Waals surface area contributed by atoms with Crippen LogP contribution in [0.2, 0.25) is 0 Å². The Hall–Kier alpha value is -0.540. The van der Waals surface area contributed by atoms with Crippen molar-refractivity contribution >= 4 is 11.8 Å². The molecule has 1 saturated carbocycles. The molecule has 0 bridgehead atoms. The number of thioether (sulfide) groups is 1. The second kappa shape index (κ2) is 4.38. The molecule has 1 heterocycles. The first-order chi connectivity index (χ1) is 7.83. The van der Waals surface area contributed by atoms with Crippen molar-refractivity contribution in [1.82, 2.24) is 5.32 Å². The van der Waals surface area contributed by atoms with Crippen LogP contribution in [0.5, 0.6) is 0 Å². The van der Waals surface area contributed by atoms with Gasteiger partial charge in [-0.15, -0.1) is 11.8 Å². The molecular weight excluding hydrogens is 221 g/mol. The molecule has 0 radical (unpaired) electrons. The molecule has 3 rings (SSSR count). The molecule has 16 heavy (non-hydrogen) atoms. The molecule has 1 N–H and O–H groups in total. The molecule has 1 nitrogen and oxygen atoms in total. The molecule has 2 aliphatic rings.